The van der Waals surface area contributed by atoms with E-state index < -0.39 is 0 Å². The first-order valence-electron chi connectivity index (χ1n) is 6.73. The number of pyridine rings is 1. The van der Waals surface area contributed by atoms with E-state index >= 15 is 0 Å². The summed E-state index contributed by atoms with van der Waals surface area (Å²) >= 11 is 0. The molecule has 2 aromatic heterocycles. The van der Waals surface area contributed by atoms with Crippen molar-refractivity contribution in [1.82, 2.24) is 20.5 Å². The number of hydrogen-bond acceptors (Lipinski definition) is 4. The Morgan fingerprint density at radius 3 is 2.85 bits per heavy atom. The van der Waals surface area contributed by atoms with E-state index in [-0.39, 0.29) is 5.91 Å². The van der Waals surface area contributed by atoms with E-state index in [1.807, 2.05) is 19.9 Å². The molecule has 0 fully saturated rings. The second kappa shape index (κ2) is 6.70. The standard InChI is InChI=1S/C14H19N5O/c1-3-12-5-11(6-13(19-12)15-4-2)14(20)16-7-10-8-17-18-9-10/h5-6,8-9H,3-4,7H2,1-2H3,(H,15,19)(H,16,20)(H,17,18). The summed E-state index contributed by atoms with van der Waals surface area (Å²) in [6.45, 7) is 5.25. The van der Waals surface area contributed by atoms with Crippen LogP contribution < -0.4 is 10.6 Å². The van der Waals surface area contributed by atoms with Gasteiger partial charge in [-0.15, -0.1) is 0 Å². The molecular weight excluding hydrogens is 254 g/mol. The lowest BCUT2D eigenvalue weighted by Gasteiger charge is -2.09. The first kappa shape index (κ1) is 14.0. The molecule has 0 atom stereocenters. The fourth-order valence-electron chi connectivity index (χ4n) is 1.83. The molecule has 2 rings (SSSR count). The highest BCUT2D eigenvalue weighted by atomic mass is 16.1. The van der Waals surface area contributed by atoms with Crippen molar-refractivity contribution >= 4 is 11.7 Å². The summed E-state index contributed by atoms with van der Waals surface area (Å²) in [6.07, 6.45) is 4.24. The maximum absolute atomic E-state index is 12.2. The molecule has 6 nitrogen and oxygen atoms in total. The first-order chi connectivity index (χ1) is 9.72. The van der Waals surface area contributed by atoms with Crippen molar-refractivity contribution in [2.45, 2.75) is 26.8 Å². The van der Waals surface area contributed by atoms with Crippen LogP contribution in [0, 0.1) is 0 Å². The van der Waals surface area contributed by atoms with Crippen LogP contribution >= 0.6 is 0 Å². The van der Waals surface area contributed by atoms with Gasteiger partial charge in [0.25, 0.3) is 5.91 Å². The molecule has 2 aromatic rings. The van der Waals surface area contributed by atoms with Crippen LogP contribution in [-0.4, -0.2) is 27.6 Å². The van der Waals surface area contributed by atoms with Crippen molar-refractivity contribution in [3.05, 3.63) is 41.3 Å². The van der Waals surface area contributed by atoms with Crippen LogP contribution in [0.2, 0.25) is 0 Å². The van der Waals surface area contributed by atoms with Crippen LogP contribution in [0.1, 0.15) is 35.5 Å². The molecule has 0 aliphatic heterocycles. The third-order valence-electron chi connectivity index (χ3n) is 2.87. The lowest BCUT2D eigenvalue weighted by Crippen LogP contribution is -2.23. The van der Waals surface area contributed by atoms with Crippen molar-refractivity contribution < 1.29 is 4.79 Å². The van der Waals surface area contributed by atoms with Crippen molar-refractivity contribution in [3.8, 4) is 0 Å². The molecule has 0 radical (unpaired) electrons. The fourth-order valence-corrected chi connectivity index (χ4v) is 1.83. The van der Waals surface area contributed by atoms with Gasteiger partial charge in [-0.25, -0.2) is 4.98 Å². The number of carbonyl (C=O) groups is 1. The smallest absolute Gasteiger partial charge is 0.251 e. The largest absolute Gasteiger partial charge is 0.370 e. The number of H-pyrrole nitrogens is 1. The molecule has 20 heavy (non-hydrogen) atoms. The molecule has 1 amide bonds. The van der Waals surface area contributed by atoms with Gasteiger partial charge in [-0.2, -0.15) is 5.10 Å². The van der Waals surface area contributed by atoms with Crippen molar-refractivity contribution in [2.24, 2.45) is 0 Å². The Hall–Kier alpha value is -2.37. The molecule has 0 saturated heterocycles. The van der Waals surface area contributed by atoms with Gasteiger partial charge in [-0.05, 0) is 25.5 Å². The highest BCUT2D eigenvalue weighted by Gasteiger charge is 2.09. The minimum Gasteiger partial charge on any atom is -0.370 e. The predicted octanol–water partition coefficient (Wildman–Crippen LogP) is 1.73. The second-order valence-electron chi connectivity index (χ2n) is 4.41. The first-order valence-corrected chi connectivity index (χ1v) is 6.73. The highest BCUT2D eigenvalue weighted by molar-refractivity contribution is 5.94. The summed E-state index contributed by atoms with van der Waals surface area (Å²) in [6, 6.07) is 3.60. The Morgan fingerprint density at radius 1 is 1.35 bits per heavy atom. The molecule has 0 unspecified atom stereocenters. The van der Waals surface area contributed by atoms with Crippen molar-refractivity contribution in [3.63, 3.8) is 0 Å². The summed E-state index contributed by atoms with van der Waals surface area (Å²) in [4.78, 5) is 16.6. The normalized spacial score (nSPS) is 10.3. The molecule has 0 aliphatic rings. The van der Waals surface area contributed by atoms with Gasteiger partial charge >= 0.3 is 0 Å². The number of carbonyl (C=O) groups excluding carboxylic acids is 1. The third kappa shape index (κ3) is 3.57. The molecule has 0 saturated carbocycles. The van der Waals surface area contributed by atoms with E-state index in [0.717, 1.165) is 30.0 Å². The average molecular weight is 273 g/mol. The molecule has 3 N–H and O–H groups in total. The number of nitrogens with zero attached hydrogens (tertiary/aromatic N) is 2. The summed E-state index contributed by atoms with van der Waals surface area (Å²) in [5.74, 6) is 0.628. The van der Waals surface area contributed by atoms with Crippen molar-refractivity contribution in [1.29, 1.82) is 0 Å². The zero-order chi connectivity index (χ0) is 14.4. The van der Waals surface area contributed by atoms with Crippen LogP contribution in [0.4, 0.5) is 5.82 Å². The number of aromatic amines is 1. The number of anilines is 1. The Kier molecular flexibility index (Phi) is 4.70. The van der Waals surface area contributed by atoms with E-state index in [9.17, 15) is 4.79 Å². The van der Waals surface area contributed by atoms with E-state index in [4.69, 9.17) is 0 Å². The number of nitrogens with one attached hydrogen (secondary N) is 3. The summed E-state index contributed by atoms with van der Waals surface area (Å²) < 4.78 is 0. The quantitative estimate of drug-likeness (QED) is 0.748. The van der Waals surface area contributed by atoms with Gasteiger partial charge in [0.2, 0.25) is 0 Å². The van der Waals surface area contributed by atoms with Gasteiger partial charge in [0.05, 0.1) is 6.20 Å². The fraction of sp³-hybridized carbons (Fsp3) is 0.357. The lowest BCUT2D eigenvalue weighted by molar-refractivity contribution is 0.0950. The van der Waals surface area contributed by atoms with Crippen LogP contribution in [0.25, 0.3) is 0 Å². The van der Waals surface area contributed by atoms with Crippen LogP contribution in [-0.2, 0) is 13.0 Å². The molecule has 0 aliphatic carbocycles. The third-order valence-corrected chi connectivity index (χ3v) is 2.87. The topological polar surface area (TPSA) is 82.7 Å². The predicted molar refractivity (Wildman–Crippen MR) is 77.5 cm³/mol. The second-order valence-corrected chi connectivity index (χ2v) is 4.41. The number of amides is 1. The molecule has 0 bridgehead atoms. The lowest BCUT2D eigenvalue weighted by atomic mass is 10.1. The van der Waals surface area contributed by atoms with Crippen molar-refractivity contribution in [2.75, 3.05) is 11.9 Å². The van der Waals surface area contributed by atoms with E-state index in [2.05, 4.69) is 25.8 Å². The van der Waals surface area contributed by atoms with E-state index in [1.165, 1.54) is 0 Å². The number of hydrogen-bond donors (Lipinski definition) is 3. The highest BCUT2D eigenvalue weighted by Crippen LogP contribution is 2.11. The Bertz CT molecular complexity index is 565. The maximum atomic E-state index is 12.2. The Balaban J connectivity index is 2.09. The molecule has 2 heterocycles. The van der Waals surface area contributed by atoms with Gasteiger partial charge in [0.15, 0.2) is 0 Å². The number of aryl methyl sites for hydroxylation is 1. The zero-order valence-electron chi connectivity index (χ0n) is 11.7. The monoisotopic (exact) mass is 273 g/mol. The Morgan fingerprint density at radius 2 is 2.20 bits per heavy atom. The van der Waals surface area contributed by atoms with Crippen LogP contribution in [0.15, 0.2) is 24.5 Å². The van der Waals surface area contributed by atoms with Gasteiger partial charge in [0, 0.05) is 36.1 Å². The number of aromatic nitrogens is 3. The minimum absolute atomic E-state index is 0.109. The van der Waals surface area contributed by atoms with E-state index in [1.54, 1.807) is 18.5 Å². The Labute approximate surface area is 118 Å². The molecule has 6 heteroatoms. The SMILES string of the molecule is CCNc1cc(C(=O)NCc2cn[nH]c2)cc(CC)n1. The summed E-state index contributed by atoms with van der Waals surface area (Å²) in [5, 5.41) is 12.6. The average Bonchev–Trinajstić information content (AvgIpc) is 2.98. The zero-order valence-corrected chi connectivity index (χ0v) is 11.7. The van der Waals surface area contributed by atoms with Crippen LogP contribution in [0.5, 0.6) is 0 Å². The molecule has 0 aromatic carbocycles. The molecule has 106 valence electrons. The summed E-state index contributed by atoms with van der Waals surface area (Å²) in [7, 11) is 0. The summed E-state index contributed by atoms with van der Waals surface area (Å²) in [5.41, 5.74) is 2.46. The minimum atomic E-state index is -0.109. The van der Waals surface area contributed by atoms with Gasteiger partial charge in [-0.1, -0.05) is 6.92 Å². The van der Waals surface area contributed by atoms with Gasteiger partial charge in [0.1, 0.15) is 5.82 Å². The van der Waals surface area contributed by atoms with Gasteiger partial charge in [-0.3, -0.25) is 9.89 Å². The number of rotatable bonds is 6. The van der Waals surface area contributed by atoms with Crippen LogP contribution in [0.3, 0.4) is 0 Å². The van der Waals surface area contributed by atoms with E-state index in [0.29, 0.717) is 12.1 Å². The molecular formula is C14H19N5O. The maximum Gasteiger partial charge on any atom is 0.251 e. The van der Waals surface area contributed by atoms with Gasteiger partial charge < -0.3 is 10.6 Å². The molecule has 0 spiro atoms.